The molecular weight excluding hydrogens is 224 g/mol. The second-order valence-corrected chi connectivity index (χ2v) is 4.44. The lowest BCUT2D eigenvalue weighted by Gasteiger charge is -2.29. The highest BCUT2D eigenvalue weighted by atomic mass is 16.5. The molecule has 0 N–H and O–H groups in total. The number of carbonyl (C=O) groups is 1. The van der Waals surface area contributed by atoms with Gasteiger partial charge in [0, 0.05) is 13.0 Å². The van der Waals surface area contributed by atoms with Gasteiger partial charge in [0.2, 0.25) is 0 Å². The van der Waals surface area contributed by atoms with Gasteiger partial charge in [0.15, 0.2) is 5.78 Å². The van der Waals surface area contributed by atoms with Gasteiger partial charge >= 0.3 is 0 Å². The lowest BCUT2D eigenvalue weighted by atomic mass is 9.86. The third-order valence-electron chi connectivity index (χ3n) is 3.26. The first-order chi connectivity index (χ1) is 8.68. The zero-order valence-corrected chi connectivity index (χ0v) is 10.8. The van der Waals surface area contributed by atoms with Crippen molar-refractivity contribution in [1.29, 1.82) is 0 Å². The normalized spacial score (nSPS) is 22.7. The van der Waals surface area contributed by atoms with E-state index in [1.54, 1.807) is 6.92 Å². The molecule has 0 aliphatic heterocycles. The molecule has 0 amide bonds. The van der Waals surface area contributed by atoms with E-state index in [2.05, 4.69) is 18.2 Å². The average Bonchev–Trinajstić information content (AvgIpc) is 2.41. The van der Waals surface area contributed by atoms with Crippen molar-refractivity contribution in [3.8, 4) is 0 Å². The van der Waals surface area contributed by atoms with Gasteiger partial charge in [-0.3, -0.25) is 4.79 Å². The number of hydrogen-bond donors (Lipinski definition) is 0. The van der Waals surface area contributed by atoms with Crippen LogP contribution in [0.4, 0.5) is 0 Å². The highest BCUT2D eigenvalue weighted by Gasteiger charge is 2.34. The van der Waals surface area contributed by atoms with Crippen LogP contribution >= 0.6 is 0 Å². The summed E-state index contributed by atoms with van der Waals surface area (Å²) >= 11 is 0. The van der Waals surface area contributed by atoms with Crippen molar-refractivity contribution in [3.63, 3.8) is 0 Å². The molecule has 18 heavy (non-hydrogen) atoms. The minimum Gasteiger partial charge on any atom is -0.363 e. The molecule has 1 unspecified atom stereocenters. The molecule has 2 heteroatoms. The smallest absolute Gasteiger partial charge is 0.165 e. The third-order valence-corrected chi connectivity index (χ3v) is 3.26. The first-order valence-electron chi connectivity index (χ1n) is 6.28. The van der Waals surface area contributed by atoms with Crippen LogP contribution in [0.15, 0.2) is 48.6 Å². The van der Waals surface area contributed by atoms with Crippen molar-refractivity contribution in [3.05, 3.63) is 54.1 Å². The number of allylic oxidation sites excluding steroid dienone is 2. The van der Waals surface area contributed by atoms with Gasteiger partial charge in [-0.15, -0.1) is 0 Å². The minimum absolute atomic E-state index is 0.0592. The third kappa shape index (κ3) is 2.44. The molecule has 0 spiro atoms. The SMILES string of the molecule is CCOC1(C(C)=O)C=CC(c2ccccc2)=CC1. The van der Waals surface area contributed by atoms with Crippen molar-refractivity contribution in [1.82, 2.24) is 0 Å². The van der Waals surface area contributed by atoms with Crippen LogP contribution in [0.2, 0.25) is 0 Å². The Morgan fingerprint density at radius 3 is 2.56 bits per heavy atom. The van der Waals surface area contributed by atoms with Crippen molar-refractivity contribution >= 4 is 11.4 Å². The summed E-state index contributed by atoms with van der Waals surface area (Å²) in [5.74, 6) is 0.0592. The van der Waals surface area contributed by atoms with E-state index in [0.717, 1.165) is 5.57 Å². The second-order valence-electron chi connectivity index (χ2n) is 4.44. The van der Waals surface area contributed by atoms with Crippen LogP contribution < -0.4 is 0 Å². The highest BCUT2D eigenvalue weighted by Crippen LogP contribution is 2.30. The van der Waals surface area contributed by atoms with Crippen LogP contribution in [-0.4, -0.2) is 18.0 Å². The number of ketones is 1. The summed E-state index contributed by atoms with van der Waals surface area (Å²) in [6.45, 7) is 4.04. The molecule has 1 aromatic rings. The summed E-state index contributed by atoms with van der Waals surface area (Å²) < 4.78 is 5.64. The maximum absolute atomic E-state index is 11.7. The molecule has 1 aliphatic rings. The Morgan fingerprint density at radius 2 is 2.06 bits per heavy atom. The Kier molecular flexibility index (Phi) is 3.78. The van der Waals surface area contributed by atoms with Gasteiger partial charge < -0.3 is 4.74 Å². The van der Waals surface area contributed by atoms with Crippen LogP contribution in [0.5, 0.6) is 0 Å². The van der Waals surface area contributed by atoms with E-state index in [-0.39, 0.29) is 5.78 Å². The summed E-state index contributed by atoms with van der Waals surface area (Å²) in [6, 6.07) is 10.2. The predicted molar refractivity (Wildman–Crippen MR) is 73.2 cm³/mol. The Morgan fingerprint density at radius 1 is 1.33 bits per heavy atom. The van der Waals surface area contributed by atoms with Crippen LogP contribution in [0.25, 0.3) is 5.57 Å². The number of rotatable bonds is 4. The number of benzene rings is 1. The van der Waals surface area contributed by atoms with Gasteiger partial charge in [-0.1, -0.05) is 42.5 Å². The van der Waals surface area contributed by atoms with E-state index >= 15 is 0 Å². The van der Waals surface area contributed by atoms with E-state index < -0.39 is 5.60 Å². The van der Waals surface area contributed by atoms with Gasteiger partial charge in [0.1, 0.15) is 5.60 Å². The van der Waals surface area contributed by atoms with Crippen molar-refractivity contribution < 1.29 is 9.53 Å². The van der Waals surface area contributed by atoms with Crippen LogP contribution in [0.3, 0.4) is 0 Å². The van der Waals surface area contributed by atoms with Gasteiger partial charge in [0.05, 0.1) is 0 Å². The summed E-state index contributed by atoms with van der Waals surface area (Å²) in [5.41, 5.74) is 1.56. The Labute approximate surface area is 108 Å². The number of ether oxygens (including phenoxy) is 1. The van der Waals surface area contributed by atoms with Crippen molar-refractivity contribution in [2.45, 2.75) is 25.9 Å². The summed E-state index contributed by atoms with van der Waals surface area (Å²) in [4.78, 5) is 11.7. The second kappa shape index (κ2) is 5.32. The lowest BCUT2D eigenvalue weighted by Crippen LogP contribution is -2.38. The summed E-state index contributed by atoms with van der Waals surface area (Å²) in [7, 11) is 0. The fraction of sp³-hybridized carbons (Fsp3) is 0.312. The Balaban J connectivity index is 2.22. The molecule has 0 bridgehead atoms. The number of hydrogen-bond acceptors (Lipinski definition) is 2. The fourth-order valence-electron chi connectivity index (χ4n) is 2.19. The molecule has 1 aromatic carbocycles. The van der Waals surface area contributed by atoms with Gasteiger partial charge in [-0.25, -0.2) is 0 Å². The van der Waals surface area contributed by atoms with Crippen LogP contribution in [-0.2, 0) is 9.53 Å². The first kappa shape index (κ1) is 12.8. The summed E-state index contributed by atoms with van der Waals surface area (Å²) in [5, 5.41) is 0. The summed E-state index contributed by atoms with van der Waals surface area (Å²) in [6.07, 6.45) is 6.56. The zero-order chi connectivity index (χ0) is 13.0. The predicted octanol–water partition coefficient (Wildman–Crippen LogP) is 3.39. The largest absolute Gasteiger partial charge is 0.363 e. The van der Waals surface area contributed by atoms with E-state index in [9.17, 15) is 4.79 Å². The van der Waals surface area contributed by atoms with E-state index in [1.807, 2.05) is 37.3 Å². The van der Waals surface area contributed by atoms with E-state index in [4.69, 9.17) is 4.74 Å². The molecule has 0 aromatic heterocycles. The molecule has 0 radical (unpaired) electrons. The van der Waals surface area contributed by atoms with Gasteiger partial charge in [0.25, 0.3) is 0 Å². The topological polar surface area (TPSA) is 26.3 Å². The zero-order valence-electron chi connectivity index (χ0n) is 10.8. The van der Waals surface area contributed by atoms with Crippen LogP contribution in [0.1, 0.15) is 25.8 Å². The van der Waals surface area contributed by atoms with Gasteiger partial charge in [-0.2, -0.15) is 0 Å². The monoisotopic (exact) mass is 242 g/mol. The molecule has 0 fully saturated rings. The van der Waals surface area contributed by atoms with Crippen molar-refractivity contribution in [2.24, 2.45) is 0 Å². The molecule has 1 atom stereocenters. The fourth-order valence-corrected chi connectivity index (χ4v) is 2.19. The first-order valence-corrected chi connectivity index (χ1v) is 6.28. The molecule has 0 saturated carbocycles. The number of Topliss-reactive ketones (excluding diaryl/α,β-unsaturated/α-hetero) is 1. The van der Waals surface area contributed by atoms with Gasteiger partial charge in [-0.05, 0) is 31.1 Å². The quantitative estimate of drug-likeness (QED) is 0.809. The maximum atomic E-state index is 11.7. The maximum Gasteiger partial charge on any atom is 0.165 e. The Hall–Kier alpha value is -1.67. The molecule has 2 rings (SSSR count). The molecule has 94 valence electrons. The lowest BCUT2D eigenvalue weighted by molar-refractivity contribution is -0.135. The molecular formula is C16H18O2. The number of carbonyl (C=O) groups excluding carboxylic acids is 1. The molecule has 0 saturated heterocycles. The van der Waals surface area contributed by atoms with Crippen molar-refractivity contribution in [2.75, 3.05) is 6.61 Å². The van der Waals surface area contributed by atoms with E-state index in [1.165, 1.54) is 5.56 Å². The molecule has 0 heterocycles. The highest BCUT2D eigenvalue weighted by molar-refractivity contribution is 5.90. The van der Waals surface area contributed by atoms with Crippen LogP contribution in [0, 0.1) is 0 Å². The molecule has 2 nitrogen and oxygen atoms in total. The van der Waals surface area contributed by atoms with E-state index in [0.29, 0.717) is 13.0 Å². The minimum atomic E-state index is -0.757. The standard InChI is InChI=1S/C16H18O2/c1-3-18-16(13(2)17)11-9-15(10-12-16)14-7-5-4-6-8-14/h4-11H,3,12H2,1-2H3. The average molecular weight is 242 g/mol. The molecule has 1 aliphatic carbocycles. The Bertz CT molecular complexity index is 485.